The molecule has 1 unspecified atom stereocenters. The predicted molar refractivity (Wildman–Crippen MR) is 104 cm³/mol. The molecule has 1 aliphatic heterocycles. The van der Waals surface area contributed by atoms with Gasteiger partial charge in [0.05, 0.1) is 30.5 Å². The fourth-order valence-corrected chi connectivity index (χ4v) is 3.98. The molecular formula is C21H23FN4O4. The summed E-state index contributed by atoms with van der Waals surface area (Å²) in [5.41, 5.74) is 6.26. The van der Waals surface area contributed by atoms with Crippen molar-refractivity contribution in [1.82, 2.24) is 9.78 Å². The first-order chi connectivity index (χ1) is 14.5. The van der Waals surface area contributed by atoms with Crippen LogP contribution in [0.1, 0.15) is 43.7 Å². The van der Waals surface area contributed by atoms with Crippen molar-refractivity contribution in [3.63, 3.8) is 0 Å². The van der Waals surface area contributed by atoms with Crippen LogP contribution in [0, 0.1) is 17.1 Å². The zero-order valence-corrected chi connectivity index (χ0v) is 16.4. The molecule has 1 amide bonds. The van der Waals surface area contributed by atoms with Gasteiger partial charge in [0.25, 0.3) is 0 Å². The van der Waals surface area contributed by atoms with Gasteiger partial charge in [0.2, 0.25) is 5.88 Å². The van der Waals surface area contributed by atoms with Crippen molar-refractivity contribution in [2.75, 3.05) is 13.2 Å². The largest absolute Gasteiger partial charge is 0.472 e. The summed E-state index contributed by atoms with van der Waals surface area (Å²) < 4.78 is 32.6. The minimum atomic E-state index is -0.757. The zero-order valence-electron chi connectivity index (χ0n) is 16.4. The molecule has 8 nitrogen and oxygen atoms in total. The Bertz CT molecular complexity index is 956. The molecule has 1 aliphatic carbocycles. The normalized spacial score (nSPS) is 23.7. The number of hydrogen-bond donors (Lipinski definition) is 1. The van der Waals surface area contributed by atoms with Gasteiger partial charge < -0.3 is 19.9 Å². The van der Waals surface area contributed by atoms with Gasteiger partial charge in [-0.05, 0) is 37.8 Å². The number of nitrogens with zero attached hydrogens (tertiary/aromatic N) is 3. The number of ether oxygens (including phenoxy) is 3. The van der Waals surface area contributed by atoms with Crippen molar-refractivity contribution >= 4 is 6.09 Å². The fourth-order valence-electron chi connectivity index (χ4n) is 3.98. The van der Waals surface area contributed by atoms with Gasteiger partial charge >= 0.3 is 6.09 Å². The fraction of sp³-hybridized carbons (Fsp3) is 0.476. The van der Waals surface area contributed by atoms with Crippen LogP contribution in [0.25, 0.3) is 11.3 Å². The molecule has 0 spiro atoms. The Balaban J connectivity index is 1.59. The lowest BCUT2D eigenvalue weighted by Gasteiger charge is -2.29. The summed E-state index contributed by atoms with van der Waals surface area (Å²) in [5, 5.41) is 13.7. The summed E-state index contributed by atoms with van der Waals surface area (Å²) in [5.74, 6) is 0.0184. The number of hydrogen-bond acceptors (Lipinski definition) is 6. The predicted octanol–water partition coefficient (Wildman–Crippen LogP) is 3.31. The second kappa shape index (κ2) is 8.71. The SMILES string of the molecule is N#Cc1ccc(-c2cc(OC3CCOC3)n(C3CCC(OC(N)=O)CC3)n2)cc1F. The highest BCUT2D eigenvalue weighted by Crippen LogP contribution is 2.35. The van der Waals surface area contributed by atoms with Gasteiger partial charge in [-0.1, -0.05) is 6.07 Å². The molecule has 4 rings (SSSR count). The van der Waals surface area contributed by atoms with Crippen molar-refractivity contribution in [2.45, 2.75) is 50.4 Å². The lowest BCUT2D eigenvalue weighted by atomic mass is 9.93. The van der Waals surface area contributed by atoms with Crippen LogP contribution in [-0.4, -0.2) is 41.3 Å². The quantitative estimate of drug-likeness (QED) is 0.803. The highest BCUT2D eigenvalue weighted by molar-refractivity contribution is 5.64. The van der Waals surface area contributed by atoms with Crippen molar-refractivity contribution in [2.24, 2.45) is 5.73 Å². The van der Waals surface area contributed by atoms with E-state index in [1.54, 1.807) is 12.1 Å². The Morgan fingerprint density at radius 1 is 1.23 bits per heavy atom. The first-order valence-electron chi connectivity index (χ1n) is 10.0. The number of benzene rings is 1. The Hall–Kier alpha value is -3.12. The molecule has 30 heavy (non-hydrogen) atoms. The zero-order chi connectivity index (χ0) is 21.1. The Morgan fingerprint density at radius 2 is 2.03 bits per heavy atom. The van der Waals surface area contributed by atoms with E-state index in [1.165, 1.54) is 12.1 Å². The van der Waals surface area contributed by atoms with E-state index in [0.717, 1.165) is 19.3 Å². The van der Waals surface area contributed by atoms with Crippen molar-refractivity contribution in [3.05, 3.63) is 35.6 Å². The molecule has 9 heteroatoms. The number of amides is 1. The van der Waals surface area contributed by atoms with Crippen LogP contribution in [0.15, 0.2) is 24.3 Å². The highest BCUT2D eigenvalue weighted by Gasteiger charge is 2.29. The number of halogens is 1. The van der Waals surface area contributed by atoms with Crippen LogP contribution in [0.5, 0.6) is 5.88 Å². The van der Waals surface area contributed by atoms with E-state index in [4.69, 9.17) is 30.3 Å². The maximum Gasteiger partial charge on any atom is 0.404 e. The minimum absolute atomic E-state index is 0.00877. The molecule has 1 atom stereocenters. The van der Waals surface area contributed by atoms with Gasteiger partial charge in [-0.25, -0.2) is 13.9 Å². The van der Waals surface area contributed by atoms with Crippen LogP contribution in [0.2, 0.25) is 0 Å². The van der Waals surface area contributed by atoms with E-state index in [2.05, 4.69) is 0 Å². The summed E-state index contributed by atoms with van der Waals surface area (Å²) in [6, 6.07) is 8.11. The van der Waals surface area contributed by atoms with Gasteiger partial charge in [-0.3, -0.25) is 0 Å². The van der Waals surface area contributed by atoms with Crippen LogP contribution in [0.4, 0.5) is 9.18 Å². The number of nitrogens with two attached hydrogens (primary N) is 1. The smallest absolute Gasteiger partial charge is 0.404 e. The van der Waals surface area contributed by atoms with Gasteiger partial charge in [0.15, 0.2) is 0 Å². The third-order valence-corrected chi connectivity index (χ3v) is 5.53. The lowest BCUT2D eigenvalue weighted by Crippen LogP contribution is -2.29. The Kier molecular flexibility index (Phi) is 5.86. The summed E-state index contributed by atoms with van der Waals surface area (Å²) in [7, 11) is 0. The molecule has 2 N–H and O–H groups in total. The number of primary amides is 1. The molecule has 158 valence electrons. The van der Waals surface area contributed by atoms with Crippen molar-refractivity contribution in [1.29, 1.82) is 5.26 Å². The van der Waals surface area contributed by atoms with E-state index in [1.807, 2.05) is 10.8 Å². The van der Waals surface area contributed by atoms with Crippen LogP contribution < -0.4 is 10.5 Å². The number of nitriles is 1. The molecule has 2 fully saturated rings. The number of carbonyl (C=O) groups excluding carboxylic acids is 1. The third kappa shape index (κ3) is 4.39. The molecule has 0 bridgehead atoms. The molecular weight excluding hydrogens is 391 g/mol. The highest BCUT2D eigenvalue weighted by atomic mass is 19.1. The molecule has 1 saturated carbocycles. The Morgan fingerprint density at radius 3 is 2.67 bits per heavy atom. The summed E-state index contributed by atoms with van der Waals surface area (Å²) in [6.45, 7) is 1.17. The summed E-state index contributed by atoms with van der Waals surface area (Å²) in [6.07, 6.45) is 2.66. The minimum Gasteiger partial charge on any atom is -0.472 e. The molecule has 0 radical (unpaired) electrons. The average molecular weight is 414 g/mol. The van der Waals surface area contributed by atoms with Gasteiger partial charge in [0, 0.05) is 18.1 Å². The second-order valence-electron chi connectivity index (χ2n) is 7.59. The van der Waals surface area contributed by atoms with Crippen molar-refractivity contribution < 1.29 is 23.4 Å². The van der Waals surface area contributed by atoms with Crippen LogP contribution in [-0.2, 0) is 9.47 Å². The second-order valence-corrected chi connectivity index (χ2v) is 7.59. The summed E-state index contributed by atoms with van der Waals surface area (Å²) >= 11 is 0. The number of aromatic nitrogens is 2. The standard InChI is InChI=1S/C21H23FN4O4/c22-18-9-13(1-2-14(18)11-23)19-10-20(29-17-7-8-28-12-17)26(25-19)15-3-5-16(6-4-15)30-21(24)27/h1-2,9-10,15-17H,3-8,12H2,(H2,24,27). The average Bonchev–Trinajstić information content (AvgIpc) is 3.39. The van der Waals surface area contributed by atoms with Gasteiger partial charge in [-0.2, -0.15) is 10.4 Å². The monoisotopic (exact) mass is 414 g/mol. The van der Waals surface area contributed by atoms with Crippen molar-refractivity contribution in [3.8, 4) is 23.2 Å². The maximum absolute atomic E-state index is 14.1. The van der Waals surface area contributed by atoms with E-state index >= 15 is 0 Å². The summed E-state index contributed by atoms with van der Waals surface area (Å²) in [4.78, 5) is 11.0. The lowest BCUT2D eigenvalue weighted by molar-refractivity contribution is 0.0676. The molecule has 1 saturated heterocycles. The molecule has 1 aromatic heterocycles. The molecule has 1 aromatic carbocycles. The Labute approximate surface area is 173 Å². The maximum atomic E-state index is 14.1. The van der Waals surface area contributed by atoms with E-state index in [-0.39, 0.29) is 23.8 Å². The van der Waals surface area contributed by atoms with Crippen LogP contribution >= 0.6 is 0 Å². The van der Waals surface area contributed by atoms with E-state index < -0.39 is 11.9 Å². The van der Waals surface area contributed by atoms with Gasteiger partial charge in [-0.15, -0.1) is 0 Å². The number of carbonyl (C=O) groups is 1. The topological polar surface area (TPSA) is 112 Å². The van der Waals surface area contributed by atoms with Crippen LogP contribution in [0.3, 0.4) is 0 Å². The number of rotatable bonds is 5. The van der Waals surface area contributed by atoms with E-state index in [9.17, 15) is 9.18 Å². The molecule has 2 aliphatic rings. The molecule has 2 heterocycles. The molecule has 2 aromatic rings. The third-order valence-electron chi connectivity index (χ3n) is 5.53. The van der Waals surface area contributed by atoms with Gasteiger partial charge in [0.1, 0.15) is 24.1 Å². The first-order valence-corrected chi connectivity index (χ1v) is 10.0. The van der Waals surface area contributed by atoms with E-state index in [0.29, 0.717) is 43.2 Å². The first kappa shape index (κ1) is 20.2.